The molecule has 2 heterocycles. The molecule has 2 rings (SSSR count). The van der Waals surface area contributed by atoms with Crippen LogP contribution in [0.15, 0.2) is 0 Å². The second-order valence-electron chi connectivity index (χ2n) is 5.79. The van der Waals surface area contributed by atoms with E-state index in [1.165, 1.54) is 0 Å². The van der Waals surface area contributed by atoms with E-state index in [0.717, 1.165) is 31.9 Å². The maximum atomic E-state index is 5.40. The first-order valence-electron chi connectivity index (χ1n) is 8.24. The molecule has 1 aliphatic rings. The summed E-state index contributed by atoms with van der Waals surface area (Å²) >= 11 is 0. The molecular formula is C15H28N6O. The molecular weight excluding hydrogens is 280 g/mol. The van der Waals surface area contributed by atoms with Crippen LogP contribution in [-0.2, 0) is 4.74 Å². The van der Waals surface area contributed by atoms with Gasteiger partial charge in [-0.15, -0.1) is 0 Å². The summed E-state index contributed by atoms with van der Waals surface area (Å²) in [5.41, 5.74) is 0. The second-order valence-corrected chi connectivity index (χ2v) is 5.79. The lowest BCUT2D eigenvalue weighted by Gasteiger charge is -2.27. The number of hydrogen-bond donors (Lipinski definition) is 2. The van der Waals surface area contributed by atoms with E-state index in [2.05, 4.69) is 58.2 Å². The van der Waals surface area contributed by atoms with Crippen molar-refractivity contribution in [3.63, 3.8) is 0 Å². The number of aromatic nitrogens is 3. The molecule has 1 aromatic rings. The first-order chi connectivity index (χ1) is 10.6. The van der Waals surface area contributed by atoms with Gasteiger partial charge in [0.15, 0.2) is 0 Å². The summed E-state index contributed by atoms with van der Waals surface area (Å²) in [5, 5.41) is 6.69. The van der Waals surface area contributed by atoms with Crippen LogP contribution in [0.2, 0.25) is 0 Å². The Bertz CT molecular complexity index is 433. The maximum Gasteiger partial charge on any atom is 0.232 e. The number of nitrogens with one attached hydrogen (secondary N) is 2. The summed E-state index contributed by atoms with van der Waals surface area (Å²) in [6.45, 7) is 11.6. The number of anilines is 3. The van der Waals surface area contributed by atoms with E-state index >= 15 is 0 Å². The molecule has 0 unspecified atom stereocenters. The lowest BCUT2D eigenvalue weighted by Crippen LogP contribution is -2.37. The van der Waals surface area contributed by atoms with Crippen molar-refractivity contribution in [2.45, 2.75) is 52.6 Å². The summed E-state index contributed by atoms with van der Waals surface area (Å²) < 4.78 is 5.40. The highest BCUT2D eigenvalue weighted by atomic mass is 16.5. The predicted molar refractivity (Wildman–Crippen MR) is 89.6 cm³/mol. The van der Waals surface area contributed by atoms with Gasteiger partial charge in [-0.2, -0.15) is 15.0 Å². The summed E-state index contributed by atoms with van der Waals surface area (Å²) in [6.07, 6.45) is 2.04. The van der Waals surface area contributed by atoms with Crippen molar-refractivity contribution in [1.82, 2.24) is 15.0 Å². The van der Waals surface area contributed by atoms with Crippen molar-refractivity contribution < 1.29 is 4.74 Å². The SMILES string of the molecule is CC[C@@H](C)Nc1nc(N[C@@H](C)CC)nc(N2CCOCC2)n1. The lowest BCUT2D eigenvalue weighted by atomic mass is 10.3. The zero-order valence-corrected chi connectivity index (χ0v) is 14.1. The number of morpholine rings is 1. The van der Waals surface area contributed by atoms with Crippen LogP contribution in [0.3, 0.4) is 0 Å². The maximum absolute atomic E-state index is 5.40. The largest absolute Gasteiger partial charge is 0.378 e. The molecule has 0 aromatic carbocycles. The van der Waals surface area contributed by atoms with Gasteiger partial charge in [0, 0.05) is 25.2 Å². The Hall–Kier alpha value is -1.63. The number of ether oxygens (including phenoxy) is 1. The fourth-order valence-electron chi connectivity index (χ4n) is 2.04. The van der Waals surface area contributed by atoms with Gasteiger partial charge >= 0.3 is 0 Å². The normalized spacial score (nSPS) is 17.9. The number of rotatable bonds is 7. The van der Waals surface area contributed by atoms with Gasteiger partial charge in [-0.1, -0.05) is 13.8 Å². The molecule has 0 saturated carbocycles. The highest BCUT2D eigenvalue weighted by Gasteiger charge is 2.17. The molecule has 1 aromatic heterocycles. The average Bonchev–Trinajstić information content (AvgIpc) is 2.55. The highest BCUT2D eigenvalue weighted by Crippen LogP contribution is 2.16. The van der Waals surface area contributed by atoms with Crippen LogP contribution in [0.5, 0.6) is 0 Å². The van der Waals surface area contributed by atoms with Crippen LogP contribution in [0, 0.1) is 0 Å². The van der Waals surface area contributed by atoms with Crippen molar-refractivity contribution >= 4 is 17.8 Å². The van der Waals surface area contributed by atoms with Gasteiger partial charge < -0.3 is 20.3 Å². The summed E-state index contributed by atoms with van der Waals surface area (Å²) in [6, 6.07) is 0.660. The molecule has 22 heavy (non-hydrogen) atoms. The van der Waals surface area contributed by atoms with Crippen molar-refractivity contribution in [3.8, 4) is 0 Å². The molecule has 0 aliphatic carbocycles. The van der Waals surface area contributed by atoms with Crippen molar-refractivity contribution in [2.24, 2.45) is 0 Å². The van der Waals surface area contributed by atoms with Gasteiger partial charge in [-0.3, -0.25) is 0 Å². The fraction of sp³-hybridized carbons (Fsp3) is 0.800. The van der Waals surface area contributed by atoms with Gasteiger partial charge in [0.1, 0.15) is 0 Å². The van der Waals surface area contributed by atoms with Crippen molar-refractivity contribution in [2.75, 3.05) is 41.8 Å². The standard InChI is InChI=1S/C15H28N6O/c1-5-11(3)16-13-18-14(17-12(4)6-2)20-15(19-13)21-7-9-22-10-8-21/h11-12H,5-10H2,1-4H3,(H2,16,17,18,19,20)/t11-,12+. The minimum absolute atomic E-state index is 0.330. The third kappa shape index (κ3) is 4.69. The van der Waals surface area contributed by atoms with Gasteiger partial charge in [0.25, 0.3) is 0 Å². The molecule has 0 amide bonds. The van der Waals surface area contributed by atoms with Crippen LogP contribution in [-0.4, -0.2) is 53.3 Å². The molecule has 1 aliphatic heterocycles. The highest BCUT2D eigenvalue weighted by molar-refractivity contribution is 5.44. The summed E-state index contributed by atoms with van der Waals surface area (Å²) in [5.74, 6) is 1.99. The van der Waals surface area contributed by atoms with E-state index in [9.17, 15) is 0 Å². The van der Waals surface area contributed by atoms with Gasteiger partial charge in [0.2, 0.25) is 17.8 Å². The van der Waals surface area contributed by atoms with E-state index in [0.29, 0.717) is 37.2 Å². The molecule has 7 nitrogen and oxygen atoms in total. The van der Waals surface area contributed by atoms with Gasteiger partial charge in [-0.25, -0.2) is 0 Å². The summed E-state index contributed by atoms with van der Waals surface area (Å²) in [4.78, 5) is 15.8. The quantitative estimate of drug-likeness (QED) is 0.799. The monoisotopic (exact) mass is 308 g/mol. The Labute approximate surface area is 132 Å². The Morgan fingerprint density at radius 2 is 1.45 bits per heavy atom. The smallest absolute Gasteiger partial charge is 0.232 e. The summed E-state index contributed by atoms with van der Waals surface area (Å²) in [7, 11) is 0. The van der Waals surface area contributed by atoms with Crippen molar-refractivity contribution in [3.05, 3.63) is 0 Å². The van der Waals surface area contributed by atoms with Crippen molar-refractivity contribution in [1.29, 1.82) is 0 Å². The van der Waals surface area contributed by atoms with E-state index in [1.54, 1.807) is 0 Å². The molecule has 2 atom stereocenters. The molecule has 0 spiro atoms. The third-order valence-electron chi connectivity index (χ3n) is 3.89. The zero-order valence-electron chi connectivity index (χ0n) is 14.1. The Kier molecular flexibility index (Phi) is 6.18. The number of nitrogens with zero attached hydrogens (tertiary/aromatic N) is 4. The number of hydrogen-bond acceptors (Lipinski definition) is 7. The average molecular weight is 308 g/mol. The molecule has 7 heteroatoms. The molecule has 0 radical (unpaired) electrons. The molecule has 2 N–H and O–H groups in total. The van der Waals surface area contributed by atoms with E-state index in [-0.39, 0.29) is 0 Å². The van der Waals surface area contributed by atoms with Gasteiger partial charge in [0.05, 0.1) is 13.2 Å². The van der Waals surface area contributed by atoms with Crippen LogP contribution >= 0.6 is 0 Å². The Morgan fingerprint density at radius 3 is 1.91 bits per heavy atom. The Balaban J connectivity index is 2.22. The van der Waals surface area contributed by atoms with Crippen LogP contribution < -0.4 is 15.5 Å². The predicted octanol–water partition coefficient (Wildman–Crippen LogP) is 2.13. The van der Waals surface area contributed by atoms with Crippen LogP contribution in [0.25, 0.3) is 0 Å². The van der Waals surface area contributed by atoms with Crippen LogP contribution in [0.1, 0.15) is 40.5 Å². The van der Waals surface area contributed by atoms with E-state index in [1.807, 2.05) is 0 Å². The molecule has 1 saturated heterocycles. The van der Waals surface area contributed by atoms with Gasteiger partial charge in [-0.05, 0) is 26.7 Å². The molecule has 124 valence electrons. The van der Waals surface area contributed by atoms with E-state index < -0.39 is 0 Å². The zero-order chi connectivity index (χ0) is 15.9. The lowest BCUT2D eigenvalue weighted by molar-refractivity contribution is 0.122. The van der Waals surface area contributed by atoms with Crippen LogP contribution in [0.4, 0.5) is 17.8 Å². The molecule has 0 bridgehead atoms. The van der Waals surface area contributed by atoms with E-state index in [4.69, 9.17) is 4.74 Å². The topological polar surface area (TPSA) is 75.2 Å². The first kappa shape index (κ1) is 16.7. The first-order valence-corrected chi connectivity index (χ1v) is 8.24. The minimum Gasteiger partial charge on any atom is -0.378 e. The Morgan fingerprint density at radius 1 is 0.955 bits per heavy atom. The minimum atomic E-state index is 0.330. The second kappa shape index (κ2) is 8.12. The fourth-order valence-corrected chi connectivity index (χ4v) is 2.04. The molecule has 1 fully saturated rings. The third-order valence-corrected chi connectivity index (χ3v) is 3.89.